The Kier molecular flexibility index (Phi) is 4.71. The predicted molar refractivity (Wildman–Crippen MR) is 60.6 cm³/mol. The van der Waals surface area contributed by atoms with Gasteiger partial charge in [0, 0.05) is 0 Å². The van der Waals surface area contributed by atoms with Gasteiger partial charge in [-0.3, -0.25) is 0 Å². The molecule has 14 heavy (non-hydrogen) atoms. The van der Waals surface area contributed by atoms with E-state index >= 15 is 0 Å². The molecule has 2 heteroatoms. The maximum Gasteiger partial charge on any atom is 0.0772 e. The Bertz CT molecular complexity index is 271. The summed E-state index contributed by atoms with van der Waals surface area (Å²) in [6.07, 6.45) is 2.58. The van der Waals surface area contributed by atoms with Crippen molar-refractivity contribution in [3.05, 3.63) is 48.6 Å². The highest BCUT2D eigenvalue weighted by Gasteiger charge is 2.12. The van der Waals surface area contributed by atoms with Gasteiger partial charge in [-0.2, -0.15) is 0 Å². The Morgan fingerprint density at radius 1 is 1.36 bits per heavy atom. The van der Waals surface area contributed by atoms with Crippen LogP contribution in [0.1, 0.15) is 12.0 Å². The van der Waals surface area contributed by atoms with E-state index in [-0.39, 0.29) is 5.38 Å². The Morgan fingerprint density at radius 2 is 2.00 bits per heavy atom. The summed E-state index contributed by atoms with van der Waals surface area (Å²) >= 11 is 5.81. The Morgan fingerprint density at radius 3 is 2.57 bits per heavy atom. The normalized spacial score (nSPS) is 14.7. The van der Waals surface area contributed by atoms with Gasteiger partial charge in [-0.25, -0.2) is 0 Å². The van der Waals surface area contributed by atoms with Crippen LogP contribution in [0.25, 0.3) is 0 Å². The van der Waals surface area contributed by atoms with Gasteiger partial charge in [0.15, 0.2) is 0 Å². The number of rotatable bonds is 5. The van der Waals surface area contributed by atoms with Crippen LogP contribution in [-0.2, 0) is 6.42 Å². The van der Waals surface area contributed by atoms with Crippen LogP contribution < -0.4 is 0 Å². The third kappa shape index (κ3) is 3.52. The Balaban J connectivity index is 2.37. The van der Waals surface area contributed by atoms with E-state index in [4.69, 9.17) is 11.6 Å². The summed E-state index contributed by atoms with van der Waals surface area (Å²) in [6.45, 7) is 3.54. The minimum atomic E-state index is -0.505. The summed E-state index contributed by atoms with van der Waals surface area (Å²) < 4.78 is 0. The summed E-state index contributed by atoms with van der Waals surface area (Å²) in [6, 6.07) is 10.1. The zero-order valence-corrected chi connectivity index (χ0v) is 8.82. The van der Waals surface area contributed by atoms with Crippen molar-refractivity contribution in [2.45, 2.75) is 24.3 Å². The molecule has 0 fully saturated rings. The molecular formula is C12H15ClO. The molecule has 0 amide bonds. The summed E-state index contributed by atoms with van der Waals surface area (Å²) in [5.41, 5.74) is 1.22. The molecule has 2 atom stereocenters. The lowest BCUT2D eigenvalue weighted by Crippen LogP contribution is -2.19. The molecule has 76 valence electrons. The fraction of sp³-hybridized carbons (Fsp3) is 0.333. The second-order valence-electron chi connectivity index (χ2n) is 3.27. The zero-order chi connectivity index (χ0) is 10.4. The highest BCUT2D eigenvalue weighted by molar-refractivity contribution is 6.22. The molecule has 0 aliphatic rings. The van der Waals surface area contributed by atoms with Crippen molar-refractivity contribution in [2.24, 2.45) is 0 Å². The van der Waals surface area contributed by atoms with Crippen molar-refractivity contribution in [2.75, 3.05) is 0 Å². The summed E-state index contributed by atoms with van der Waals surface area (Å²) in [5.74, 6) is 0. The summed E-state index contributed by atoms with van der Waals surface area (Å²) in [5, 5.41) is 9.23. The fourth-order valence-electron chi connectivity index (χ4n) is 1.28. The van der Waals surface area contributed by atoms with E-state index in [1.165, 1.54) is 5.56 Å². The molecule has 1 rings (SSSR count). The van der Waals surface area contributed by atoms with E-state index in [1.807, 2.05) is 30.3 Å². The molecule has 0 aliphatic heterocycles. The van der Waals surface area contributed by atoms with Crippen LogP contribution in [0.5, 0.6) is 0 Å². The third-order valence-corrected chi connectivity index (χ3v) is 2.63. The van der Waals surface area contributed by atoms with Gasteiger partial charge in [0.25, 0.3) is 0 Å². The molecule has 0 aromatic heterocycles. The van der Waals surface area contributed by atoms with E-state index in [1.54, 1.807) is 6.08 Å². The van der Waals surface area contributed by atoms with E-state index in [0.717, 1.165) is 6.42 Å². The van der Waals surface area contributed by atoms with Crippen LogP contribution in [0.15, 0.2) is 43.0 Å². The van der Waals surface area contributed by atoms with E-state index in [2.05, 4.69) is 6.58 Å². The molecule has 0 radical (unpaired) electrons. The molecule has 0 unspecified atom stereocenters. The number of benzene rings is 1. The van der Waals surface area contributed by atoms with Crippen LogP contribution in [0.3, 0.4) is 0 Å². The van der Waals surface area contributed by atoms with E-state index in [0.29, 0.717) is 6.42 Å². The van der Waals surface area contributed by atoms with Gasteiger partial charge in [-0.15, -0.1) is 18.2 Å². The molecule has 0 saturated heterocycles. The molecule has 0 heterocycles. The smallest absolute Gasteiger partial charge is 0.0772 e. The number of halogens is 1. The maximum absolute atomic E-state index is 9.58. The summed E-state index contributed by atoms with van der Waals surface area (Å²) in [7, 11) is 0. The second kappa shape index (κ2) is 5.84. The van der Waals surface area contributed by atoms with Crippen LogP contribution in [0, 0.1) is 0 Å². The number of alkyl halides is 1. The second-order valence-corrected chi connectivity index (χ2v) is 3.78. The quantitative estimate of drug-likeness (QED) is 0.586. The molecule has 1 N–H and O–H groups in total. The third-order valence-electron chi connectivity index (χ3n) is 2.16. The largest absolute Gasteiger partial charge is 0.391 e. The highest BCUT2D eigenvalue weighted by atomic mass is 35.5. The molecule has 1 aromatic carbocycles. The first kappa shape index (κ1) is 11.3. The van der Waals surface area contributed by atoms with Crippen molar-refractivity contribution >= 4 is 11.6 Å². The average Bonchev–Trinajstić information content (AvgIpc) is 2.26. The average molecular weight is 211 g/mol. The number of aliphatic hydroxyl groups is 1. The zero-order valence-electron chi connectivity index (χ0n) is 8.07. The summed E-state index contributed by atoms with van der Waals surface area (Å²) in [4.78, 5) is 0. The van der Waals surface area contributed by atoms with Crippen LogP contribution in [-0.4, -0.2) is 16.6 Å². The van der Waals surface area contributed by atoms with Gasteiger partial charge in [-0.05, 0) is 18.4 Å². The molecule has 0 spiro atoms. The molecule has 1 nitrogen and oxygen atoms in total. The number of hydrogen-bond acceptors (Lipinski definition) is 1. The van der Waals surface area contributed by atoms with Gasteiger partial charge in [0.05, 0.1) is 11.5 Å². The first-order chi connectivity index (χ1) is 6.74. The SMILES string of the molecule is C=C[C@@H](Cl)[C@H](O)CCc1ccccc1. The molecule has 0 saturated carbocycles. The molecule has 0 bridgehead atoms. The monoisotopic (exact) mass is 210 g/mol. The van der Waals surface area contributed by atoms with Gasteiger partial charge in [0.1, 0.15) is 0 Å². The number of hydrogen-bond donors (Lipinski definition) is 1. The highest BCUT2D eigenvalue weighted by Crippen LogP contribution is 2.11. The van der Waals surface area contributed by atoms with Gasteiger partial charge < -0.3 is 5.11 Å². The molecule has 0 aliphatic carbocycles. The van der Waals surface area contributed by atoms with Crippen molar-refractivity contribution in [1.29, 1.82) is 0 Å². The minimum Gasteiger partial charge on any atom is -0.391 e. The first-order valence-corrected chi connectivity index (χ1v) is 5.16. The van der Waals surface area contributed by atoms with Crippen LogP contribution >= 0.6 is 11.6 Å². The van der Waals surface area contributed by atoms with Gasteiger partial charge >= 0.3 is 0 Å². The molecular weight excluding hydrogens is 196 g/mol. The minimum absolute atomic E-state index is 0.348. The molecule has 1 aromatic rings. The topological polar surface area (TPSA) is 20.2 Å². The van der Waals surface area contributed by atoms with Crippen molar-refractivity contribution in [3.8, 4) is 0 Å². The van der Waals surface area contributed by atoms with Crippen molar-refractivity contribution in [1.82, 2.24) is 0 Å². The standard InChI is InChI=1S/C12H15ClO/c1-2-11(13)12(14)9-8-10-6-4-3-5-7-10/h2-7,11-12,14H,1,8-9H2/t11-,12-/m1/s1. The van der Waals surface area contributed by atoms with Crippen LogP contribution in [0.2, 0.25) is 0 Å². The first-order valence-electron chi connectivity index (χ1n) is 4.72. The van der Waals surface area contributed by atoms with Gasteiger partial charge in [-0.1, -0.05) is 36.4 Å². The lowest BCUT2D eigenvalue weighted by atomic mass is 10.1. The van der Waals surface area contributed by atoms with E-state index in [9.17, 15) is 5.11 Å². The Labute approximate surface area is 90.0 Å². The number of aryl methyl sites for hydroxylation is 1. The Hall–Kier alpha value is -0.790. The number of aliphatic hydroxyl groups excluding tert-OH is 1. The lowest BCUT2D eigenvalue weighted by Gasteiger charge is -2.12. The fourth-order valence-corrected chi connectivity index (χ4v) is 1.40. The van der Waals surface area contributed by atoms with Crippen molar-refractivity contribution in [3.63, 3.8) is 0 Å². The predicted octanol–water partition coefficient (Wildman–Crippen LogP) is 2.77. The maximum atomic E-state index is 9.58. The lowest BCUT2D eigenvalue weighted by molar-refractivity contribution is 0.171. The van der Waals surface area contributed by atoms with Crippen molar-refractivity contribution < 1.29 is 5.11 Å². The van der Waals surface area contributed by atoms with Crippen LogP contribution in [0.4, 0.5) is 0 Å². The van der Waals surface area contributed by atoms with E-state index < -0.39 is 6.10 Å². The van der Waals surface area contributed by atoms with Gasteiger partial charge in [0.2, 0.25) is 0 Å².